The van der Waals surface area contributed by atoms with Gasteiger partial charge in [-0.25, -0.2) is 0 Å². The normalized spacial score (nSPS) is 16.5. The summed E-state index contributed by atoms with van der Waals surface area (Å²) in [6, 6.07) is 0.326. The molecule has 7 heteroatoms. The van der Waals surface area contributed by atoms with Gasteiger partial charge in [-0.3, -0.25) is 0 Å². The second-order valence-corrected chi connectivity index (χ2v) is 5.26. The summed E-state index contributed by atoms with van der Waals surface area (Å²) in [5, 5.41) is 15.1. The zero-order valence-corrected chi connectivity index (χ0v) is 11.2. The van der Waals surface area contributed by atoms with Gasteiger partial charge in [-0.15, -0.1) is 0 Å². The highest BCUT2D eigenvalue weighted by Gasteiger charge is 2.26. The third-order valence-electron chi connectivity index (χ3n) is 2.97. The van der Waals surface area contributed by atoms with Crippen LogP contribution in [0, 0.1) is 10.1 Å². The SMILES string of the molecule is CCOc1nc([N+](=O)[O-])c(NC2CCCCC2)s1. The van der Waals surface area contributed by atoms with E-state index in [0.717, 1.165) is 12.8 Å². The van der Waals surface area contributed by atoms with Gasteiger partial charge in [0.15, 0.2) is 5.00 Å². The van der Waals surface area contributed by atoms with Crippen molar-refractivity contribution in [1.29, 1.82) is 0 Å². The van der Waals surface area contributed by atoms with Crippen LogP contribution in [-0.4, -0.2) is 22.6 Å². The Labute approximate surface area is 110 Å². The van der Waals surface area contributed by atoms with E-state index in [2.05, 4.69) is 10.3 Å². The highest BCUT2D eigenvalue weighted by molar-refractivity contribution is 7.18. The molecule has 0 radical (unpaired) electrons. The zero-order valence-electron chi connectivity index (χ0n) is 10.3. The lowest BCUT2D eigenvalue weighted by Crippen LogP contribution is -2.22. The van der Waals surface area contributed by atoms with E-state index in [1.165, 1.54) is 30.6 Å². The Morgan fingerprint density at radius 2 is 2.22 bits per heavy atom. The van der Waals surface area contributed by atoms with E-state index in [1.807, 2.05) is 6.92 Å². The summed E-state index contributed by atoms with van der Waals surface area (Å²) in [5.41, 5.74) is 0. The van der Waals surface area contributed by atoms with E-state index in [-0.39, 0.29) is 5.82 Å². The molecule has 0 bridgehead atoms. The van der Waals surface area contributed by atoms with E-state index in [1.54, 1.807) is 0 Å². The van der Waals surface area contributed by atoms with Gasteiger partial charge < -0.3 is 20.2 Å². The molecule has 1 heterocycles. The molecule has 1 fully saturated rings. The van der Waals surface area contributed by atoms with Crippen LogP contribution in [0.25, 0.3) is 0 Å². The van der Waals surface area contributed by atoms with Crippen molar-refractivity contribution < 1.29 is 9.66 Å². The quantitative estimate of drug-likeness (QED) is 0.657. The van der Waals surface area contributed by atoms with Crippen LogP contribution in [-0.2, 0) is 0 Å². The van der Waals surface area contributed by atoms with Gasteiger partial charge in [0.25, 0.3) is 0 Å². The summed E-state index contributed by atoms with van der Waals surface area (Å²) in [7, 11) is 0. The van der Waals surface area contributed by atoms with Gasteiger partial charge in [-0.2, -0.15) is 0 Å². The number of nitrogens with one attached hydrogen (secondary N) is 1. The van der Waals surface area contributed by atoms with Gasteiger partial charge in [0.1, 0.15) is 0 Å². The molecule has 1 saturated carbocycles. The van der Waals surface area contributed by atoms with E-state index in [4.69, 9.17) is 4.74 Å². The highest BCUT2D eigenvalue weighted by atomic mass is 32.1. The molecule has 2 rings (SSSR count). The first kappa shape index (κ1) is 13.1. The molecular weight excluding hydrogens is 254 g/mol. The number of aromatic nitrogens is 1. The number of hydrogen-bond acceptors (Lipinski definition) is 6. The smallest absolute Gasteiger partial charge is 0.402 e. The first-order chi connectivity index (χ1) is 8.70. The number of nitro groups is 1. The van der Waals surface area contributed by atoms with Gasteiger partial charge in [0, 0.05) is 11.0 Å². The summed E-state index contributed by atoms with van der Waals surface area (Å²) >= 11 is 1.22. The van der Waals surface area contributed by atoms with Crippen LogP contribution >= 0.6 is 11.3 Å². The highest BCUT2D eigenvalue weighted by Crippen LogP contribution is 2.37. The second kappa shape index (κ2) is 5.99. The van der Waals surface area contributed by atoms with Crippen molar-refractivity contribution in [2.45, 2.75) is 45.1 Å². The molecule has 100 valence electrons. The third-order valence-corrected chi connectivity index (χ3v) is 3.86. The van der Waals surface area contributed by atoms with E-state index >= 15 is 0 Å². The minimum absolute atomic E-state index is 0.117. The molecule has 18 heavy (non-hydrogen) atoms. The minimum atomic E-state index is -0.454. The Hall–Kier alpha value is -1.37. The Balaban J connectivity index is 2.11. The van der Waals surface area contributed by atoms with Crippen LogP contribution in [0.15, 0.2) is 0 Å². The minimum Gasteiger partial charge on any atom is -0.452 e. The van der Waals surface area contributed by atoms with E-state index in [0.29, 0.717) is 22.8 Å². The largest absolute Gasteiger partial charge is 0.452 e. The lowest BCUT2D eigenvalue weighted by Gasteiger charge is -2.22. The fraction of sp³-hybridized carbons (Fsp3) is 0.727. The lowest BCUT2D eigenvalue weighted by atomic mass is 9.96. The number of anilines is 1. The maximum absolute atomic E-state index is 10.9. The number of nitrogens with zero attached hydrogens (tertiary/aromatic N) is 2. The maximum atomic E-state index is 10.9. The lowest BCUT2D eigenvalue weighted by molar-refractivity contribution is -0.388. The summed E-state index contributed by atoms with van der Waals surface area (Å²) in [6.07, 6.45) is 5.76. The van der Waals surface area contributed by atoms with Crippen molar-refractivity contribution in [2.75, 3.05) is 11.9 Å². The fourth-order valence-corrected chi connectivity index (χ4v) is 3.05. The van der Waals surface area contributed by atoms with Crippen molar-refractivity contribution >= 4 is 22.2 Å². The standard InChI is InChI=1S/C11H17N3O3S/c1-2-17-11-13-9(14(15)16)10(18-11)12-8-6-4-3-5-7-8/h8,12H,2-7H2,1H3. The van der Waals surface area contributed by atoms with Gasteiger partial charge in [0.2, 0.25) is 0 Å². The molecular formula is C11H17N3O3S. The van der Waals surface area contributed by atoms with Gasteiger partial charge in [-0.05, 0) is 36.0 Å². The molecule has 1 N–H and O–H groups in total. The van der Waals surface area contributed by atoms with Crippen LogP contribution in [0.5, 0.6) is 5.19 Å². The molecule has 1 aromatic heterocycles. The van der Waals surface area contributed by atoms with Crippen LogP contribution < -0.4 is 10.1 Å². The number of ether oxygens (including phenoxy) is 1. The van der Waals surface area contributed by atoms with Crippen molar-refractivity contribution in [3.8, 4) is 5.19 Å². The Kier molecular flexibility index (Phi) is 4.35. The van der Waals surface area contributed by atoms with Crippen LogP contribution in [0.1, 0.15) is 39.0 Å². The second-order valence-electron chi connectivity index (χ2n) is 4.30. The maximum Gasteiger partial charge on any atom is 0.402 e. The number of rotatable bonds is 5. The molecule has 0 spiro atoms. The molecule has 0 saturated heterocycles. The first-order valence-electron chi connectivity index (χ1n) is 6.25. The molecule has 0 aromatic carbocycles. The van der Waals surface area contributed by atoms with Crippen LogP contribution in [0.4, 0.5) is 10.8 Å². The third kappa shape index (κ3) is 3.10. The molecule has 0 amide bonds. The average Bonchev–Trinajstić information content (AvgIpc) is 2.74. The van der Waals surface area contributed by atoms with Gasteiger partial charge in [0.05, 0.1) is 6.61 Å². The van der Waals surface area contributed by atoms with Crippen molar-refractivity contribution in [2.24, 2.45) is 0 Å². The molecule has 0 unspecified atom stereocenters. The summed E-state index contributed by atoms with van der Waals surface area (Å²) < 4.78 is 5.23. The molecule has 1 aliphatic carbocycles. The summed E-state index contributed by atoms with van der Waals surface area (Å²) in [4.78, 5) is 14.4. The Bertz CT molecular complexity index is 416. The van der Waals surface area contributed by atoms with Crippen molar-refractivity contribution in [1.82, 2.24) is 4.98 Å². The molecule has 6 nitrogen and oxygen atoms in total. The van der Waals surface area contributed by atoms with E-state index < -0.39 is 4.92 Å². The predicted molar refractivity (Wildman–Crippen MR) is 70.4 cm³/mol. The van der Waals surface area contributed by atoms with Crippen LogP contribution in [0.2, 0.25) is 0 Å². The summed E-state index contributed by atoms with van der Waals surface area (Å²) in [6.45, 7) is 2.30. The van der Waals surface area contributed by atoms with Crippen LogP contribution in [0.3, 0.4) is 0 Å². The Morgan fingerprint density at radius 1 is 1.50 bits per heavy atom. The van der Waals surface area contributed by atoms with Crippen molar-refractivity contribution in [3.05, 3.63) is 10.1 Å². The number of thiazole rings is 1. The number of hydrogen-bond donors (Lipinski definition) is 1. The van der Waals surface area contributed by atoms with Crippen molar-refractivity contribution in [3.63, 3.8) is 0 Å². The topological polar surface area (TPSA) is 77.3 Å². The zero-order chi connectivity index (χ0) is 13.0. The molecule has 1 aromatic rings. The average molecular weight is 271 g/mol. The van der Waals surface area contributed by atoms with E-state index in [9.17, 15) is 10.1 Å². The fourth-order valence-electron chi connectivity index (χ4n) is 2.13. The molecule has 0 atom stereocenters. The first-order valence-corrected chi connectivity index (χ1v) is 7.07. The Morgan fingerprint density at radius 3 is 2.83 bits per heavy atom. The summed E-state index contributed by atoms with van der Waals surface area (Å²) in [5.74, 6) is -0.117. The predicted octanol–water partition coefficient (Wildman–Crippen LogP) is 3.19. The monoisotopic (exact) mass is 271 g/mol. The molecule has 0 aliphatic heterocycles. The van der Waals surface area contributed by atoms with Gasteiger partial charge in [-0.1, -0.05) is 19.3 Å². The molecule has 1 aliphatic rings. The van der Waals surface area contributed by atoms with Gasteiger partial charge >= 0.3 is 11.0 Å².